The van der Waals surface area contributed by atoms with Crippen LogP contribution in [0.1, 0.15) is 24.1 Å². The lowest BCUT2D eigenvalue weighted by atomic mass is 9.93. The molecule has 0 radical (unpaired) electrons. The van der Waals surface area contributed by atoms with Gasteiger partial charge in [0.15, 0.2) is 9.84 Å². The minimum absolute atomic E-state index is 0.327. The molecule has 0 N–H and O–H groups in total. The number of aryl methyl sites for hydroxylation is 1. The second-order valence-corrected chi connectivity index (χ2v) is 9.12. The van der Waals surface area contributed by atoms with Crippen molar-refractivity contribution in [2.75, 3.05) is 6.26 Å². The van der Waals surface area contributed by atoms with E-state index in [-0.39, 0.29) is 0 Å². The van der Waals surface area contributed by atoms with Crippen LogP contribution in [0.3, 0.4) is 0 Å². The summed E-state index contributed by atoms with van der Waals surface area (Å²) in [5.41, 5.74) is 5.36. The van der Waals surface area contributed by atoms with Gasteiger partial charge in [-0.15, -0.1) is 0 Å². The van der Waals surface area contributed by atoms with E-state index in [1.54, 1.807) is 12.1 Å². The van der Waals surface area contributed by atoms with Crippen molar-refractivity contribution in [3.05, 3.63) is 64.8 Å². The van der Waals surface area contributed by atoms with Gasteiger partial charge in [0.1, 0.15) is 0 Å². The number of halogens is 1. The summed E-state index contributed by atoms with van der Waals surface area (Å²) in [6.07, 6.45) is 5.49. The predicted molar refractivity (Wildman–Crippen MR) is 104 cm³/mol. The highest BCUT2D eigenvalue weighted by Crippen LogP contribution is 2.34. The average molecular weight is 387 g/mol. The van der Waals surface area contributed by atoms with Crippen molar-refractivity contribution in [1.82, 2.24) is 9.78 Å². The number of benzene rings is 2. The number of nitrogens with zero attached hydrogens (tertiary/aromatic N) is 2. The Hall–Kier alpha value is -2.11. The average Bonchev–Trinajstić information content (AvgIpc) is 3.01. The summed E-state index contributed by atoms with van der Waals surface area (Å²) < 4.78 is 25.5. The zero-order valence-corrected chi connectivity index (χ0v) is 16.0. The molecule has 134 valence electrons. The third kappa shape index (κ3) is 3.17. The van der Waals surface area contributed by atoms with Crippen LogP contribution in [-0.4, -0.2) is 24.5 Å². The van der Waals surface area contributed by atoms with E-state index in [9.17, 15) is 8.42 Å². The molecule has 0 unspecified atom stereocenters. The van der Waals surface area contributed by atoms with Gasteiger partial charge in [0, 0.05) is 22.4 Å². The summed E-state index contributed by atoms with van der Waals surface area (Å²) in [5.74, 6) is 0. The molecule has 26 heavy (non-hydrogen) atoms. The van der Waals surface area contributed by atoms with Crippen LogP contribution in [0.25, 0.3) is 16.9 Å². The first-order valence-electron chi connectivity index (χ1n) is 8.61. The Morgan fingerprint density at radius 2 is 1.62 bits per heavy atom. The number of rotatable bonds is 3. The van der Waals surface area contributed by atoms with E-state index in [0.717, 1.165) is 48.3 Å². The molecule has 0 bridgehead atoms. The van der Waals surface area contributed by atoms with Gasteiger partial charge in [-0.2, -0.15) is 5.10 Å². The van der Waals surface area contributed by atoms with Gasteiger partial charge in [0.2, 0.25) is 0 Å². The van der Waals surface area contributed by atoms with Crippen LogP contribution >= 0.6 is 11.6 Å². The van der Waals surface area contributed by atoms with E-state index in [0.29, 0.717) is 9.92 Å². The van der Waals surface area contributed by atoms with Gasteiger partial charge in [-0.1, -0.05) is 23.7 Å². The topological polar surface area (TPSA) is 52.0 Å². The molecule has 3 aromatic rings. The number of fused-ring (bicyclic) bond motifs is 1. The van der Waals surface area contributed by atoms with Gasteiger partial charge < -0.3 is 0 Å². The molecule has 0 amide bonds. The first kappa shape index (κ1) is 17.3. The van der Waals surface area contributed by atoms with Crippen LogP contribution in [0.15, 0.2) is 53.4 Å². The van der Waals surface area contributed by atoms with Gasteiger partial charge in [0.05, 0.1) is 22.0 Å². The first-order chi connectivity index (χ1) is 12.4. The lowest BCUT2D eigenvalue weighted by Crippen LogP contribution is -2.02. The Morgan fingerprint density at radius 1 is 0.962 bits per heavy atom. The van der Waals surface area contributed by atoms with Crippen molar-refractivity contribution in [3.8, 4) is 16.9 Å². The quantitative estimate of drug-likeness (QED) is 0.667. The molecule has 0 atom stereocenters. The van der Waals surface area contributed by atoms with Gasteiger partial charge in [-0.3, -0.25) is 0 Å². The fraction of sp³-hybridized carbons (Fsp3) is 0.250. The van der Waals surface area contributed by atoms with Crippen molar-refractivity contribution in [1.29, 1.82) is 0 Å². The number of hydrogen-bond donors (Lipinski definition) is 0. The van der Waals surface area contributed by atoms with Crippen molar-refractivity contribution in [2.45, 2.75) is 30.6 Å². The van der Waals surface area contributed by atoms with Crippen molar-refractivity contribution < 1.29 is 8.42 Å². The Labute approximate surface area is 158 Å². The van der Waals surface area contributed by atoms with E-state index < -0.39 is 9.84 Å². The molecule has 0 fully saturated rings. The van der Waals surface area contributed by atoms with Crippen molar-refractivity contribution in [3.63, 3.8) is 0 Å². The molecule has 1 heterocycles. The van der Waals surface area contributed by atoms with Crippen molar-refractivity contribution >= 4 is 21.4 Å². The van der Waals surface area contributed by atoms with Crippen LogP contribution in [0.4, 0.5) is 0 Å². The van der Waals surface area contributed by atoms with Crippen LogP contribution in [0, 0.1) is 0 Å². The summed E-state index contributed by atoms with van der Waals surface area (Å²) >= 11 is 6.03. The Bertz CT molecular complexity index is 1050. The molecule has 1 aliphatic carbocycles. The third-order valence-electron chi connectivity index (χ3n) is 4.78. The summed E-state index contributed by atoms with van der Waals surface area (Å²) in [6.45, 7) is 0. The molecule has 0 aliphatic heterocycles. The molecule has 0 saturated carbocycles. The van der Waals surface area contributed by atoms with Crippen LogP contribution < -0.4 is 0 Å². The van der Waals surface area contributed by atoms with Crippen LogP contribution in [0.2, 0.25) is 5.02 Å². The van der Waals surface area contributed by atoms with Crippen molar-refractivity contribution in [2.24, 2.45) is 0 Å². The second-order valence-electron chi connectivity index (χ2n) is 6.67. The smallest absolute Gasteiger partial charge is 0.175 e. The highest BCUT2D eigenvalue weighted by atomic mass is 35.5. The maximum atomic E-state index is 11.8. The number of hydrogen-bond acceptors (Lipinski definition) is 3. The van der Waals surface area contributed by atoms with Gasteiger partial charge in [-0.05, 0) is 62.1 Å². The lowest BCUT2D eigenvalue weighted by molar-refractivity contribution is 0.602. The Kier molecular flexibility index (Phi) is 4.37. The van der Waals surface area contributed by atoms with E-state index in [2.05, 4.69) is 0 Å². The monoisotopic (exact) mass is 386 g/mol. The summed E-state index contributed by atoms with van der Waals surface area (Å²) in [5, 5.41) is 5.54. The molecule has 4 rings (SSSR count). The SMILES string of the molecule is CS(=O)(=O)c1ccc(-c2c3c(nn2-c2ccc(Cl)cc2)CCCC3)cc1. The standard InChI is InChI=1S/C20H19ClN2O2S/c1-26(24,25)17-12-6-14(7-13-17)20-18-4-2-3-5-19(18)22-23(20)16-10-8-15(21)9-11-16/h6-13H,2-5H2,1H3. The first-order valence-corrected chi connectivity index (χ1v) is 10.9. The number of sulfone groups is 1. The molecular formula is C20H19ClN2O2S. The van der Waals surface area contributed by atoms with Gasteiger partial charge >= 0.3 is 0 Å². The summed E-state index contributed by atoms with van der Waals surface area (Å²) in [4.78, 5) is 0.327. The molecule has 6 heteroatoms. The molecule has 1 aliphatic rings. The van der Waals surface area contributed by atoms with E-state index in [4.69, 9.17) is 16.7 Å². The normalized spacial score (nSPS) is 14.2. The maximum Gasteiger partial charge on any atom is 0.175 e. The van der Waals surface area contributed by atoms with E-state index in [1.807, 2.05) is 41.1 Å². The lowest BCUT2D eigenvalue weighted by Gasteiger charge is -2.13. The zero-order chi connectivity index (χ0) is 18.3. The minimum Gasteiger partial charge on any atom is -0.233 e. The van der Waals surface area contributed by atoms with E-state index in [1.165, 1.54) is 11.8 Å². The highest BCUT2D eigenvalue weighted by molar-refractivity contribution is 7.90. The minimum atomic E-state index is -3.21. The summed E-state index contributed by atoms with van der Waals surface area (Å²) in [7, 11) is -3.21. The Morgan fingerprint density at radius 3 is 2.27 bits per heavy atom. The maximum absolute atomic E-state index is 11.8. The Balaban J connectivity index is 1.89. The fourth-order valence-electron chi connectivity index (χ4n) is 3.48. The van der Waals surface area contributed by atoms with Crippen LogP contribution in [0.5, 0.6) is 0 Å². The highest BCUT2D eigenvalue weighted by Gasteiger charge is 2.22. The molecular weight excluding hydrogens is 368 g/mol. The largest absolute Gasteiger partial charge is 0.233 e. The van der Waals surface area contributed by atoms with E-state index >= 15 is 0 Å². The van der Waals surface area contributed by atoms with Crippen LogP contribution in [-0.2, 0) is 22.7 Å². The molecule has 1 aromatic heterocycles. The number of aromatic nitrogens is 2. The predicted octanol–water partition coefficient (Wildman–Crippen LogP) is 4.48. The molecule has 0 spiro atoms. The van der Waals surface area contributed by atoms with Gasteiger partial charge in [0.25, 0.3) is 0 Å². The molecule has 0 saturated heterocycles. The zero-order valence-electron chi connectivity index (χ0n) is 14.4. The molecule has 4 nitrogen and oxygen atoms in total. The van der Waals surface area contributed by atoms with Gasteiger partial charge in [-0.25, -0.2) is 13.1 Å². The second kappa shape index (κ2) is 6.56. The summed E-state index contributed by atoms with van der Waals surface area (Å²) in [6, 6.07) is 14.7. The third-order valence-corrected chi connectivity index (χ3v) is 6.16. The molecule has 2 aromatic carbocycles. The fourth-order valence-corrected chi connectivity index (χ4v) is 4.24.